The van der Waals surface area contributed by atoms with Gasteiger partial charge in [0.05, 0.1) is 13.7 Å². The summed E-state index contributed by atoms with van der Waals surface area (Å²) in [4.78, 5) is 30.1. The minimum Gasteiger partial charge on any atom is -0.497 e. The molecular weight excluding hydrogens is 471 g/mol. The van der Waals surface area contributed by atoms with Crippen LogP contribution in [0.1, 0.15) is 5.69 Å². The van der Waals surface area contributed by atoms with Gasteiger partial charge in [0.25, 0.3) is 5.56 Å². The second-order valence-electron chi connectivity index (χ2n) is 8.87. The highest BCUT2D eigenvalue weighted by Gasteiger charge is 2.26. The molecule has 0 saturated carbocycles. The van der Waals surface area contributed by atoms with Gasteiger partial charge in [-0.05, 0) is 48.0 Å². The monoisotopic (exact) mass is 496 g/mol. The van der Waals surface area contributed by atoms with E-state index in [0.717, 1.165) is 5.69 Å². The number of ether oxygens (including phenoxy) is 1. The maximum Gasteiger partial charge on any atom is 0.259 e. The molecule has 1 aromatic heterocycles. The number of methoxy groups -OCH3 is 1. The van der Waals surface area contributed by atoms with E-state index in [0.29, 0.717) is 47.3 Å². The second-order valence-corrected chi connectivity index (χ2v) is 8.87. The van der Waals surface area contributed by atoms with Gasteiger partial charge in [0.1, 0.15) is 23.3 Å². The van der Waals surface area contributed by atoms with E-state index in [4.69, 9.17) is 4.74 Å². The van der Waals surface area contributed by atoms with Gasteiger partial charge in [0.2, 0.25) is 5.91 Å². The molecule has 0 radical (unpaired) electrons. The predicted octanol–water partition coefficient (Wildman–Crippen LogP) is 4.04. The summed E-state index contributed by atoms with van der Waals surface area (Å²) >= 11 is 0. The molecule has 7 nitrogen and oxygen atoms in total. The van der Waals surface area contributed by atoms with Crippen LogP contribution in [0.4, 0.5) is 10.1 Å². The van der Waals surface area contributed by atoms with Crippen LogP contribution in [0.2, 0.25) is 0 Å². The molecule has 2 heterocycles. The van der Waals surface area contributed by atoms with Crippen molar-refractivity contribution in [3.05, 3.63) is 94.7 Å². The van der Waals surface area contributed by atoms with E-state index in [1.165, 1.54) is 23.8 Å². The Labute approximate surface area is 213 Å². The lowest BCUT2D eigenvalue weighted by atomic mass is 9.96. The van der Waals surface area contributed by atoms with Crippen molar-refractivity contribution in [1.29, 1.82) is 5.26 Å². The standard InChI is InChI=1S/C29H25FN4O3/c1-37-23-10-11-24-25(17-23)28(20-6-5-7-21(30)16-20)26(18-31)34(29(24)36)15-13-32-12-14-33(27(35)19-32)22-8-3-2-4-9-22/h2-11,16-17H,12-15,19H2,1H3. The highest BCUT2D eigenvalue weighted by atomic mass is 19.1. The number of hydrogen-bond acceptors (Lipinski definition) is 5. The summed E-state index contributed by atoms with van der Waals surface area (Å²) < 4.78 is 21.0. The van der Waals surface area contributed by atoms with E-state index in [2.05, 4.69) is 6.07 Å². The van der Waals surface area contributed by atoms with Gasteiger partial charge in [-0.15, -0.1) is 0 Å². The van der Waals surface area contributed by atoms with Crippen molar-refractivity contribution in [3.8, 4) is 22.9 Å². The Kier molecular flexibility index (Phi) is 6.71. The van der Waals surface area contributed by atoms with Crippen LogP contribution >= 0.6 is 0 Å². The average Bonchev–Trinajstić information content (AvgIpc) is 2.92. The Hall–Kier alpha value is -4.48. The number of anilines is 1. The average molecular weight is 497 g/mol. The van der Waals surface area contributed by atoms with E-state index >= 15 is 0 Å². The van der Waals surface area contributed by atoms with Crippen molar-refractivity contribution < 1.29 is 13.9 Å². The number of carbonyl (C=O) groups excluding carboxylic acids is 1. The molecule has 0 unspecified atom stereocenters. The van der Waals surface area contributed by atoms with Crippen molar-refractivity contribution in [1.82, 2.24) is 9.47 Å². The van der Waals surface area contributed by atoms with Crippen molar-refractivity contribution in [2.45, 2.75) is 6.54 Å². The molecular formula is C29H25FN4O3. The summed E-state index contributed by atoms with van der Waals surface area (Å²) in [5.74, 6) is 0.0716. The number of piperazine rings is 1. The van der Waals surface area contributed by atoms with Crippen LogP contribution in [0.15, 0.2) is 77.6 Å². The molecule has 5 rings (SSSR count). The summed E-state index contributed by atoms with van der Waals surface area (Å²) in [7, 11) is 1.52. The first kappa shape index (κ1) is 24.2. The number of benzene rings is 3. The largest absolute Gasteiger partial charge is 0.497 e. The molecule has 1 aliphatic rings. The molecule has 186 valence electrons. The van der Waals surface area contributed by atoms with Crippen LogP contribution in [0.3, 0.4) is 0 Å². The first-order valence-electron chi connectivity index (χ1n) is 12.0. The molecule has 1 amide bonds. The fourth-order valence-corrected chi connectivity index (χ4v) is 4.85. The third kappa shape index (κ3) is 4.69. The summed E-state index contributed by atoms with van der Waals surface area (Å²) in [6.07, 6.45) is 0. The van der Waals surface area contributed by atoms with Crippen LogP contribution in [-0.2, 0) is 11.3 Å². The molecule has 3 aromatic carbocycles. The Morgan fingerprint density at radius 3 is 2.46 bits per heavy atom. The molecule has 0 atom stereocenters. The number of rotatable bonds is 6. The highest BCUT2D eigenvalue weighted by molar-refractivity contribution is 5.99. The number of carbonyl (C=O) groups is 1. The van der Waals surface area contributed by atoms with Crippen LogP contribution in [0.25, 0.3) is 21.9 Å². The summed E-state index contributed by atoms with van der Waals surface area (Å²) in [6.45, 7) is 2.01. The van der Waals surface area contributed by atoms with Crippen molar-refractivity contribution >= 4 is 22.4 Å². The van der Waals surface area contributed by atoms with Gasteiger partial charge < -0.3 is 9.64 Å². The quantitative estimate of drug-likeness (QED) is 0.403. The summed E-state index contributed by atoms with van der Waals surface area (Å²) in [5, 5.41) is 11.1. The lowest BCUT2D eigenvalue weighted by Crippen LogP contribution is -2.51. The molecule has 37 heavy (non-hydrogen) atoms. The molecule has 1 aliphatic heterocycles. The highest BCUT2D eigenvalue weighted by Crippen LogP contribution is 2.33. The first-order chi connectivity index (χ1) is 18.0. The summed E-state index contributed by atoms with van der Waals surface area (Å²) in [5.41, 5.74) is 1.66. The van der Waals surface area contributed by atoms with Gasteiger partial charge in [-0.25, -0.2) is 4.39 Å². The fourth-order valence-electron chi connectivity index (χ4n) is 4.85. The number of fused-ring (bicyclic) bond motifs is 1. The number of nitriles is 1. The van der Waals surface area contributed by atoms with Gasteiger partial charge in [-0.1, -0.05) is 30.3 Å². The van der Waals surface area contributed by atoms with Crippen LogP contribution < -0.4 is 15.2 Å². The van der Waals surface area contributed by atoms with Crippen molar-refractivity contribution in [3.63, 3.8) is 0 Å². The minimum atomic E-state index is -0.440. The lowest BCUT2D eigenvalue weighted by molar-refractivity contribution is -0.121. The van der Waals surface area contributed by atoms with Gasteiger partial charge in [0, 0.05) is 48.2 Å². The molecule has 0 aliphatic carbocycles. The molecule has 0 bridgehead atoms. The first-order valence-corrected chi connectivity index (χ1v) is 12.0. The number of nitrogens with zero attached hydrogens (tertiary/aromatic N) is 4. The molecule has 0 spiro atoms. The van der Waals surface area contributed by atoms with E-state index in [1.54, 1.807) is 35.2 Å². The van der Waals surface area contributed by atoms with Crippen molar-refractivity contribution in [2.24, 2.45) is 0 Å². The maximum absolute atomic E-state index is 14.2. The number of halogens is 1. The van der Waals surface area contributed by atoms with E-state index in [-0.39, 0.29) is 30.2 Å². The van der Waals surface area contributed by atoms with Crippen LogP contribution in [0.5, 0.6) is 5.75 Å². The molecule has 1 saturated heterocycles. The van der Waals surface area contributed by atoms with Gasteiger partial charge >= 0.3 is 0 Å². The second kappa shape index (κ2) is 10.2. The van der Waals surface area contributed by atoms with E-state index in [1.807, 2.05) is 35.2 Å². The summed E-state index contributed by atoms with van der Waals surface area (Å²) in [6, 6.07) is 22.7. The number of hydrogen-bond donors (Lipinski definition) is 0. The zero-order chi connectivity index (χ0) is 25.9. The van der Waals surface area contributed by atoms with Gasteiger partial charge in [-0.3, -0.25) is 19.1 Å². The van der Waals surface area contributed by atoms with Crippen LogP contribution in [0, 0.1) is 17.1 Å². The normalized spacial score (nSPS) is 14.1. The number of para-hydroxylation sites is 1. The zero-order valence-corrected chi connectivity index (χ0v) is 20.4. The third-order valence-corrected chi connectivity index (χ3v) is 6.71. The minimum absolute atomic E-state index is 0.0173. The third-order valence-electron chi connectivity index (χ3n) is 6.71. The molecule has 0 N–H and O–H groups in total. The van der Waals surface area contributed by atoms with Crippen molar-refractivity contribution in [2.75, 3.05) is 38.2 Å². The molecule has 4 aromatic rings. The number of amides is 1. The smallest absolute Gasteiger partial charge is 0.259 e. The lowest BCUT2D eigenvalue weighted by Gasteiger charge is -2.34. The van der Waals surface area contributed by atoms with Crippen LogP contribution in [-0.4, -0.2) is 48.7 Å². The van der Waals surface area contributed by atoms with E-state index in [9.17, 15) is 19.2 Å². The van der Waals surface area contributed by atoms with Gasteiger partial charge in [0.15, 0.2) is 0 Å². The van der Waals surface area contributed by atoms with E-state index < -0.39 is 5.82 Å². The SMILES string of the molecule is COc1ccc2c(=O)n(CCN3CCN(c4ccccc4)C(=O)C3)c(C#N)c(-c3cccc(F)c3)c2c1. The number of aromatic nitrogens is 1. The Bertz CT molecular complexity index is 1580. The molecule has 8 heteroatoms. The Balaban J connectivity index is 1.50. The van der Waals surface area contributed by atoms with Gasteiger partial charge in [-0.2, -0.15) is 5.26 Å². The predicted molar refractivity (Wildman–Crippen MR) is 140 cm³/mol. The molecule has 1 fully saturated rings. The Morgan fingerprint density at radius 1 is 0.946 bits per heavy atom. The fraction of sp³-hybridized carbons (Fsp3) is 0.207. The number of pyridine rings is 1. The topological polar surface area (TPSA) is 78.6 Å². The Morgan fingerprint density at radius 2 is 1.76 bits per heavy atom. The maximum atomic E-state index is 14.2. The zero-order valence-electron chi connectivity index (χ0n) is 20.4.